The summed E-state index contributed by atoms with van der Waals surface area (Å²) >= 11 is 0. The van der Waals surface area contributed by atoms with Gasteiger partial charge in [-0.25, -0.2) is 10.4 Å². The molecule has 17 heavy (non-hydrogen) atoms. The first-order valence-corrected chi connectivity index (χ1v) is 6.20. The molecular weight excluding hydrogens is 222 g/mol. The average Bonchev–Trinajstić information content (AvgIpc) is 3.10. The van der Waals surface area contributed by atoms with Crippen LogP contribution in [0, 0.1) is 0 Å². The predicted molar refractivity (Wildman–Crippen MR) is 58.8 cm³/mol. The van der Waals surface area contributed by atoms with Crippen LogP contribution in [0.25, 0.3) is 0 Å². The molecule has 2 saturated heterocycles. The van der Waals surface area contributed by atoms with Gasteiger partial charge in [0.1, 0.15) is 6.04 Å². The van der Waals surface area contributed by atoms with Crippen molar-refractivity contribution in [3.8, 4) is 0 Å². The maximum Gasteiger partial charge on any atom is 0.248 e. The van der Waals surface area contributed by atoms with Gasteiger partial charge in [-0.15, -0.1) is 0 Å². The van der Waals surface area contributed by atoms with Crippen LogP contribution < -0.4 is 5.43 Å². The van der Waals surface area contributed by atoms with E-state index < -0.39 is 0 Å². The quantitative estimate of drug-likeness (QED) is 0.648. The minimum absolute atomic E-state index is 0.0248. The third kappa shape index (κ3) is 2.20. The van der Waals surface area contributed by atoms with E-state index in [1.54, 1.807) is 0 Å². The van der Waals surface area contributed by atoms with Crippen LogP contribution in [-0.2, 0) is 14.3 Å². The van der Waals surface area contributed by atoms with E-state index in [9.17, 15) is 9.59 Å². The number of hydrogen-bond donors (Lipinski definition) is 1. The first-order chi connectivity index (χ1) is 8.25. The van der Waals surface area contributed by atoms with Crippen LogP contribution in [0.5, 0.6) is 0 Å². The number of imide groups is 1. The molecule has 6 nitrogen and oxygen atoms in total. The Hall–Kier alpha value is -0.980. The molecule has 94 valence electrons. The Kier molecular flexibility index (Phi) is 2.85. The van der Waals surface area contributed by atoms with Crippen LogP contribution >= 0.6 is 0 Å². The zero-order valence-corrected chi connectivity index (χ0v) is 9.72. The SMILES string of the molecule is O=C1CC(NN2CCOCC2)C(=O)N1C1CC1. The molecule has 0 bridgehead atoms. The van der Waals surface area contributed by atoms with E-state index in [4.69, 9.17) is 4.74 Å². The van der Waals surface area contributed by atoms with Crippen LogP contribution in [0.2, 0.25) is 0 Å². The van der Waals surface area contributed by atoms with Crippen molar-refractivity contribution < 1.29 is 14.3 Å². The van der Waals surface area contributed by atoms with Crippen molar-refractivity contribution in [1.82, 2.24) is 15.3 Å². The van der Waals surface area contributed by atoms with E-state index in [2.05, 4.69) is 5.43 Å². The number of carbonyl (C=O) groups excluding carboxylic acids is 2. The molecule has 1 N–H and O–H groups in total. The lowest BCUT2D eigenvalue weighted by atomic mass is 10.2. The van der Waals surface area contributed by atoms with Gasteiger partial charge in [0, 0.05) is 19.1 Å². The summed E-state index contributed by atoms with van der Waals surface area (Å²) < 4.78 is 5.24. The second-order valence-corrected chi connectivity index (χ2v) is 4.82. The molecule has 0 aromatic rings. The van der Waals surface area contributed by atoms with E-state index in [0.29, 0.717) is 19.6 Å². The van der Waals surface area contributed by atoms with Crippen LogP contribution in [0.3, 0.4) is 0 Å². The smallest absolute Gasteiger partial charge is 0.248 e. The molecule has 0 spiro atoms. The van der Waals surface area contributed by atoms with Crippen LogP contribution in [0.4, 0.5) is 0 Å². The number of hydrazine groups is 1. The first kappa shape index (κ1) is 11.1. The van der Waals surface area contributed by atoms with Crippen molar-refractivity contribution in [2.24, 2.45) is 0 Å². The van der Waals surface area contributed by atoms with Gasteiger partial charge in [-0.05, 0) is 12.8 Å². The van der Waals surface area contributed by atoms with E-state index >= 15 is 0 Å². The summed E-state index contributed by atoms with van der Waals surface area (Å²) in [6.45, 7) is 2.88. The summed E-state index contributed by atoms with van der Waals surface area (Å²) in [5.74, 6) is -0.0766. The van der Waals surface area contributed by atoms with Crippen molar-refractivity contribution in [1.29, 1.82) is 0 Å². The van der Waals surface area contributed by atoms with E-state index in [0.717, 1.165) is 25.9 Å². The summed E-state index contributed by atoms with van der Waals surface area (Å²) in [5.41, 5.74) is 3.15. The Labute approximate surface area is 99.8 Å². The van der Waals surface area contributed by atoms with Gasteiger partial charge in [0.2, 0.25) is 11.8 Å². The minimum Gasteiger partial charge on any atom is -0.379 e. The van der Waals surface area contributed by atoms with Gasteiger partial charge in [-0.1, -0.05) is 0 Å². The van der Waals surface area contributed by atoms with Crippen molar-refractivity contribution in [2.45, 2.75) is 31.3 Å². The molecule has 3 fully saturated rings. The first-order valence-electron chi connectivity index (χ1n) is 6.20. The van der Waals surface area contributed by atoms with Crippen molar-refractivity contribution in [2.75, 3.05) is 26.3 Å². The molecule has 0 aromatic heterocycles. The number of ether oxygens (including phenoxy) is 1. The maximum absolute atomic E-state index is 12.1. The highest BCUT2D eigenvalue weighted by Crippen LogP contribution is 2.31. The highest BCUT2D eigenvalue weighted by Gasteiger charge is 2.46. The lowest BCUT2D eigenvalue weighted by Gasteiger charge is -2.29. The number of morpholine rings is 1. The van der Waals surface area contributed by atoms with E-state index in [-0.39, 0.29) is 23.9 Å². The lowest BCUT2D eigenvalue weighted by Crippen LogP contribution is -2.52. The molecular formula is C11H17N3O3. The lowest BCUT2D eigenvalue weighted by molar-refractivity contribution is -0.140. The normalized spacial score (nSPS) is 31.3. The molecule has 3 aliphatic rings. The number of nitrogens with zero attached hydrogens (tertiary/aromatic N) is 2. The fourth-order valence-corrected chi connectivity index (χ4v) is 2.38. The van der Waals surface area contributed by atoms with Gasteiger partial charge in [0.05, 0.1) is 19.6 Å². The zero-order valence-electron chi connectivity index (χ0n) is 9.72. The fraction of sp³-hybridized carbons (Fsp3) is 0.818. The second-order valence-electron chi connectivity index (χ2n) is 4.82. The molecule has 1 saturated carbocycles. The second kappa shape index (κ2) is 4.36. The van der Waals surface area contributed by atoms with Gasteiger partial charge >= 0.3 is 0 Å². The average molecular weight is 239 g/mol. The van der Waals surface area contributed by atoms with Crippen LogP contribution in [0.1, 0.15) is 19.3 Å². The van der Waals surface area contributed by atoms with Crippen LogP contribution in [-0.4, -0.2) is 60.1 Å². The van der Waals surface area contributed by atoms with Crippen LogP contribution in [0.15, 0.2) is 0 Å². The van der Waals surface area contributed by atoms with Gasteiger partial charge < -0.3 is 4.74 Å². The summed E-state index contributed by atoms with van der Waals surface area (Å²) in [6.07, 6.45) is 2.25. The molecule has 2 amide bonds. The zero-order chi connectivity index (χ0) is 11.8. The van der Waals surface area contributed by atoms with E-state index in [1.807, 2.05) is 5.01 Å². The number of rotatable bonds is 3. The molecule has 0 aromatic carbocycles. The number of hydrogen-bond acceptors (Lipinski definition) is 5. The molecule has 1 aliphatic carbocycles. The molecule has 3 rings (SSSR count). The Bertz CT molecular complexity index is 337. The summed E-state index contributed by atoms with van der Waals surface area (Å²) in [5, 5.41) is 1.98. The monoisotopic (exact) mass is 239 g/mol. The van der Waals surface area contributed by atoms with Crippen molar-refractivity contribution in [3.05, 3.63) is 0 Å². The Morgan fingerprint density at radius 3 is 2.53 bits per heavy atom. The number of likely N-dealkylation sites (tertiary alicyclic amines) is 1. The number of nitrogens with one attached hydrogen (secondary N) is 1. The Morgan fingerprint density at radius 1 is 1.18 bits per heavy atom. The summed E-state index contributed by atoms with van der Waals surface area (Å²) in [7, 11) is 0. The third-order valence-corrected chi connectivity index (χ3v) is 3.44. The highest BCUT2D eigenvalue weighted by molar-refractivity contribution is 6.06. The standard InChI is InChI=1S/C11H17N3O3/c15-10-7-9(11(16)14(10)8-1-2-8)12-13-3-5-17-6-4-13/h8-9,12H,1-7H2. The molecule has 1 atom stereocenters. The minimum atomic E-state index is -0.360. The van der Waals surface area contributed by atoms with Gasteiger partial charge in [0.15, 0.2) is 0 Å². The van der Waals surface area contributed by atoms with Gasteiger partial charge in [0.25, 0.3) is 0 Å². The fourth-order valence-electron chi connectivity index (χ4n) is 2.38. The molecule has 0 radical (unpaired) electrons. The van der Waals surface area contributed by atoms with Gasteiger partial charge in [-0.3, -0.25) is 14.5 Å². The topological polar surface area (TPSA) is 61.9 Å². The van der Waals surface area contributed by atoms with Gasteiger partial charge in [-0.2, -0.15) is 0 Å². The molecule has 2 heterocycles. The third-order valence-electron chi connectivity index (χ3n) is 3.44. The maximum atomic E-state index is 12.1. The Morgan fingerprint density at radius 2 is 1.88 bits per heavy atom. The molecule has 2 aliphatic heterocycles. The largest absolute Gasteiger partial charge is 0.379 e. The van der Waals surface area contributed by atoms with Crippen molar-refractivity contribution >= 4 is 11.8 Å². The van der Waals surface area contributed by atoms with Crippen molar-refractivity contribution in [3.63, 3.8) is 0 Å². The summed E-state index contributed by atoms with van der Waals surface area (Å²) in [6, 6.07) is -0.173. The number of carbonyl (C=O) groups is 2. The number of amides is 2. The molecule has 1 unspecified atom stereocenters. The molecule has 6 heteroatoms. The highest BCUT2D eigenvalue weighted by atomic mass is 16.5. The predicted octanol–water partition coefficient (Wildman–Crippen LogP) is -0.887. The van der Waals surface area contributed by atoms with E-state index in [1.165, 1.54) is 4.90 Å². The summed E-state index contributed by atoms with van der Waals surface area (Å²) in [4.78, 5) is 25.3. The Balaban J connectivity index is 1.60.